The van der Waals surface area contributed by atoms with Crippen LogP contribution < -0.4 is 10.7 Å². The van der Waals surface area contributed by atoms with E-state index in [9.17, 15) is 14.0 Å². The molecule has 0 radical (unpaired) electrons. The predicted octanol–water partition coefficient (Wildman–Crippen LogP) is 3.80. The summed E-state index contributed by atoms with van der Waals surface area (Å²) >= 11 is 6.30. The molecule has 4 rings (SSSR count). The smallest absolute Gasteiger partial charge is 0.304 e. The van der Waals surface area contributed by atoms with Crippen molar-refractivity contribution in [3.8, 4) is 0 Å². The Hall–Kier alpha value is -3.51. The summed E-state index contributed by atoms with van der Waals surface area (Å²) < 4.78 is 14.9. The van der Waals surface area contributed by atoms with Crippen molar-refractivity contribution in [2.75, 3.05) is 0 Å². The molecular formula is C24H20ClFN3O2+. The molecule has 7 heteroatoms. The van der Waals surface area contributed by atoms with Gasteiger partial charge in [-0.25, -0.2) is 4.39 Å². The molecule has 0 spiro atoms. The van der Waals surface area contributed by atoms with Crippen molar-refractivity contribution in [2.24, 2.45) is 0 Å². The van der Waals surface area contributed by atoms with Crippen molar-refractivity contribution in [3.63, 3.8) is 0 Å². The highest BCUT2D eigenvalue weighted by Crippen LogP contribution is 2.26. The van der Waals surface area contributed by atoms with Crippen LogP contribution in [0.5, 0.6) is 0 Å². The molecule has 1 fully saturated rings. The third-order valence-electron chi connectivity index (χ3n) is 5.13. The standard InChI is InChI=1S/C24H19ClFN3O2/c1-15-6-8-16(9-7-15)22-21(27-23(30)17-10-12-19(26)13-11-17)24(31)28-29(22)14-18-4-2-3-5-20(18)25/h2-14,21-22H,1H3,(H-,27,28,30,31)/p+1/b29-14-/t21-,22-/m1/s1. The molecule has 2 atom stereocenters. The molecule has 156 valence electrons. The van der Waals surface area contributed by atoms with Crippen molar-refractivity contribution in [2.45, 2.75) is 19.0 Å². The zero-order chi connectivity index (χ0) is 22.0. The molecule has 0 saturated carbocycles. The lowest BCUT2D eigenvalue weighted by molar-refractivity contribution is -0.596. The zero-order valence-corrected chi connectivity index (χ0v) is 17.4. The van der Waals surface area contributed by atoms with Gasteiger partial charge in [-0.2, -0.15) is 0 Å². The number of benzene rings is 3. The van der Waals surface area contributed by atoms with E-state index >= 15 is 0 Å². The van der Waals surface area contributed by atoms with E-state index in [1.54, 1.807) is 17.0 Å². The molecule has 0 bridgehead atoms. The monoisotopic (exact) mass is 436 g/mol. The van der Waals surface area contributed by atoms with Crippen molar-refractivity contribution in [1.82, 2.24) is 10.7 Å². The summed E-state index contributed by atoms with van der Waals surface area (Å²) in [5.41, 5.74) is 5.73. The number of aryl methyl sites for hydroxylation is 1. The first-order chi connectivity index (χ1) is 14.9. The van der Waals surface area contributed by atoms with Gasteiger partial charge in [0.15, 0.2) is 6.04 Å². The molecular weight excluding hydrogens is 417 g/mol. The quantitative estimate of drug-likeness (QED) is 0.611. The number of hydrogen-bond acceptors (Lipinski definition) is 2. The molecule has 3 aromatic carbocycles. The number of carbonyl (C=O) groups is 2. The van der Waals surface area contributed by atoms with E-state index in [2.05, 4.69) is 10.7 Å². The lowest BCUT2D eigenvalue weighted by Crippen LogP contribution is -2.42. The average Bonchev–Trinajstić information content (AvgIpc) is 3.05. The van der Waals surface area contributed by atoms with Crippen LogP contribution in [0, 0.1) is 12.7 Å². The highest BCUT2D eigenvalue weighted by molar-refractivity contribution is 6.32. The number of hydrazine groups is 1. The van der Waals surface area contributed by atoms with Crippen LogP contribution in [0.25, 0.3) is 0 Å². The van der Waals surface area contributed by atoms with E-state index in [1.807, 2.05) is 49.4 Å². The van der Waals surface area contributed by atoms with E-state index in [-0.39, 0.29) is 11.5 Å². The number of rotatable bonds is 4. The highest BCUT2D eigenvalue weighted by Gasteiger charge is 2.47. The van der Waals surface area contributed by atoms with Gasteiger partial charge in [-0.05, 0) is 43.3 Å². The number of nitrogens with zero attached hydrogens (tertiary/aromatic N) is 1. The molecule has 2 N–H and O–H groups in total. The molecule has 5 nitrogen and oxygen atoms in total. The molecule has 2 amide bonds. The van der Waals surface area contributed by atoms with Gasteiger partial charge >= 0.3 is 5.91 Å². The summed E-state index contributed by atoms with van der Waals surface area (Å²) in [7, 11) is 0. The summed E-state index contributed by atoms with van der Waals surface area (Å²) in [6.45, 7) is 1.98. The maximum Gasteiger partial charge on any atom is 0.304 e. The van der Waals surface area contributed by atoms with Crippen LogP contribution in [0.2, 0.25) is 5.02 Å². The molecule has 0 aromatic heterocycles. The van der Waals surface area contributed by atoms with Crippen LogP contribution in [-0.4, -0.2) is 28.8 Å². The number of halogens is 2. The molecule has 0 aliphatic carbocycles. The number of amides is 2. The Morgan fingerprint density at radius 2 is 1.74 bits per heavy atom. The Balaban J connectivity index is 1.71. The average molecular weight is 437 g/mol. The second kappa shape index (κ2) is 8.70. The predicted molar refractivity (Wildman–Crippen MR) is 117 cm³/mol. The molecule has 0 unspecified atom stereocenters. The first-order valence-electron chi connectivity index (χ1n) is 9.73. The second-order valence-corrected chi connectivity index (χ2v) is 7.75. The molecule has 1 heterocycles. The fraction of sp³-hybridized carbons (Fsp3) is 0.125. The summed E-state index contributed by atoms with van der Waals surface area (Å²) in [6, 6.07) is 18.8. The van der Waals surface area contributed by atoms with Crippen molar-refractivity contribution in [1.29, 1.82) is 0 Å². The van der Waals surface area contributed by atoms with E-state index in [0.717, 1.165) is 16.7 Å². The Labute approximate surface area is 184 Å². The van der Waals surface area contributed by atoms with Crippen LogP contribution in [0.15, 0.2) is 72.8 Å². The normalized spacial score (nSPS) is 19.3. The van der Waals surface area contributed by atoms with Gasteiger partial charge in [-0.1, -0.05) is 53.6 Å². The minimum atomic E-state index is -0.862. The summed E-state index contributed by atoms with van der Waals surface area (Å²) in [5, 5.41) is 3.33. The molecule has 3 aromatic rings. The maximum absolute atomic E-state index is 13.2. The maximum atomic E-state index is 13.2. The summed E-state index contributed by atoms with van der Waals surface area (Å²) in [6.07, 6.45) is 1.74. The number of nitrogens with one attached hydrogen (secondary N) is 2. The van der Waals surface area contributed by atoms with E-state index in [1.165, 1.54) is 24.3 Å². The van der Waals surface area contributed by atoms with E-state index in [0.29, 0.717) is 5.02 Å². The summed E-state index contributed by atoms with van der Waals surface area (Å²) in [4.78, 5) is 25.6. The van der Waals surface area contributed by atoms with Crippen LogP contribution in [0.3, 0.4) is 0 Å². The number of hydrogen-bond donors (Lipinski definition) is 2. The van der Waals surface area contributed by atoms with Gasteiger partial charge in [0, 0.05) is 11.1 Å². The number of hydrazone groups is 1. The fourth-order valence-electron chi connectivity index (χ4n) is 3.50. The van der Waals surface area contributed by atoms with Crippen LogP contribution in [-0.2, 0) is 4.79 Å². The Bertz CT molecular complexity index is 1160. The van der Waals surface area contributed by atoms with Crippen LogP contribution in [0.1, 0.15) is 33.1 Å². The van der Waals surface area contributed by atoms with Crippen molar-refractivity contribution >= 4 is 29.6 Å². The summed E-state index contributed by atoms with van der Waals surface area (Å²) in [5.74, 6) is -1.26. The van der Waals surface area contributed by atoms with Gasteiger partial charge < -0.3 is 5.32 Å². The van der Waals surface area contributed by atoms with Gasteiger partial charge in [0.2, 0.25) is 12.3 Å². The molecule has 1 aliphatic heterocycles. The largest absolute Gasteiger partial charge is 0.334 e. The lowest BCUT2D eigenvalue weighted by atomic mass is 9.98. The minimum absolute atomic E-state index is 0.269. The second-order valence-electron chi connectivity index (χ2n) is 7.35. The number of carbonyl (C=O) groups excluding carboxylic acids is 2. The topological polar surface area (TPSA) is 61.2 Å². The highest BCUT2D eigenvalue weighted by atomic mass is 35.5. The Morgan fingerprint density at radius 3 is 2.42 bits per heavy atom. The first-order valence-corrected chi connectivity index (χ1v) is 10.1. The zero-order valence-electron chi connectivity index (χ0n) is 16.7. The van der Waals surface area contributed by atoms with Crippen molar-refractivity contribution < 1.29 is 18.7 Å². The third kappa shape index (κ3) is 4.49. The Morgan fingerprint density at radius 1 is 1.06 bits per heavy atom. The first kappa shape index (κ1) is 20.8. The SMILES string of the molecule is Cc1ccc([C@@H]2[C@@H](NC(=O)c3ccc(F)cc3)C(=O)N/[N+]2=C\c2ccccc2Cl)cc1. The van der Waals surface area contributed by atoms with Gasteiger partial charge in [-0.3, -0.25) is 9.59 Å². The molecule has 1 saturated heterocycles. The van der Waals surface area contributed by atoms with Gasteiger partial charge in [-0.15, -0.1) is 10.1 Å². The van der Waals surface area contributed by atoms with Gasteiger partial charge in [0.05, 0.1) is 10.6 Å². The minimum Gasteiger partial charge on any atom is -0.334 e. The van der Waals surface area contributed by atoms with Crippen LogP contribution in [0.4, 0.5) is 4.39 Å². The van der Waals surface area contributed by atoms with Crippen LogP contribution >= 0.6 is 11.6 Å². The fourth-order valence-corrected chi connectivity index (χ4v) is 3.68. The van der Waals surface area contributed by atoms with E-state index in [4.69, 9.17) is 11.6 Å². The molecule has 1 aliphatic rings. The van der Waals surface area contributed by atoms with Gasteiger partial charge in [0.1, 0.15) is 5.82 Å². The van der Waals surface area contributed by atoms with E-state index < -0.39 is 23.8 Å². The van der Waals surface area contributed by atoms with Crippen molar-refractivity contribution in [3.05, 3.63) is 106 Å². The molecule has 31 heavy (non-hydrogen) atoms. The lowest BCUT2D eigenvalue weighted by Gasteiger charge is -2.15. The third-order valence-corrected chi connectivity index (χ3v) is 5.48. The Kier molecular flexibility index (Phi) is 5.82. The van der Waals surface area contributed by atoms with Gasteiger partial charge in [0.25, 0.3) is 5.91 Å².